The first-order valence-corrected chi connectivity index (χ1v) is 13.5. The van der Waals surface area contributed by atoms with Crippen LogP contribution in [0.5, 0.6) is 0 Å². The van der Waals surface area contributed by atoms with Crippen molar-refractivity contribution in [1.82, 2.24) is 14.9 Å². The number of sulfone groups is 1. The Morgan fingerprint density at radius 3 is 2.50 bits per heavy atom. The van der Waals surface area contributed by atoms with Crippen LogP contribution in [0.3, 0.4) is 0 Å². The molecular weight excluding hydrogens is 442 g/mol. The maximum Gasteiger partial charge on any atom is 0.230 e. The third kappa shape index (κ3) is 5.24. The van der Waals surface area contributed by atoms with Crippen molar-refractivity contribution < 1.29 is 13.2 Å². The quantitative estimate of drug-likeness (QED) is 0.528. The van der Waals surface area contributed by atoms with Crippen LogP contribution in [-0.2, 0) is 14.6 Å². The predicted molar refractivity (Wildman–Crippen MR) is 129 cm³/mol. The molecule has 168 valence electrons. The van der Waals surface area contributed by atoms with Gasteiger partial charge in [0.15, 0.2) is 15.0 Å². The normalized spacial score (nSPS) is 17.5. The highest BCUT2D eigenvalue weighted by molar-refractivity contribution is 7.99. The molecule has 0 bridgehead atoms. The van der Waals surface area contributed by atoms with Crippen molar-refractivity contribution in [2.45, 2.75) is 37.4 Å². The molecule has 0 aliphatic carbocycles. The van der Waals surface area contributed by atoms with Crippen molar-refractivity contribution >= 4 is 27.5 Å². The van der Waals surface area contributed by atoms with Gasteiger partial charge in [-0.2, -0.15) is 0 Å². The van der Waals surface area contributed by atoms with Crippen LogP contribution in [0, 0.1) is 0 Å². The summed E-state index contributed by atoms with van der Waals surface area (Å²) in [6.07, 6.45) is 2.31. The molecule has 4 rings (SSSR count). The van der Waals surface area contributed by atoms with E-state index in [0.717, 1.165) is 22.1 Å². The Balaban J connectivity index is 1.56. The van der Waals surface area contributed by atoms with Gasteiger partial charge in [0.05, 0.1) is 29.1 Å². The Morgan fingerprint density at radius 1 is 1.16 bits per heavy atom. The molecule has 1 fully saturated rings. The summed E-state index contributed by atoms with van der Waals surface area (Å²) in [6.45, 7) is 4.33. The van der Waals surface area contributed by atoms with Gasteiger partial charge < -0.3 is 5.32 Å². The number of carbonyl (C=O) groups excluding carboxylic acids is 1. The van der Waals surface area contributed by atoms with Crippen molar-refractivity contribution in [3.63, 3.8) is 0 Å². The topological polar surface area (TPSA) is 81.1 Å². The molecule has 1 atom stereocenters. The molecule has 2 heterocycles. The standard InChI is InChI=1S/C24H27N3O3S2/c1-17(2)18-8-10-21(11-9-18)27-22(19-6-4-3-5-7-19)14-25-24(27)31-15-23(28)26-20-12-13-32(29,30)16-20/h3-11,14,17,20H,12-13,15-16H2,1-2H3,(H,26,28). The number of rotatable bonds is 7. The van der Waals surface area contributed by atoms with Crippen LogP contribution in [0.15, 0.2) is 66.0 Å². The summed E-state index contributed by atoms with van der Waals surface area (Å²) >= 11 is 1.35. The highest BCUT2D eigenvalue weighted by Gasteiger charge is 2.29. The first kappa shape index (κ1) is 22.6. The van der Waals surface area contributed by atoms with Crippen molar-refractivity contribution in [3.05, 3.63) is 66.4 Å². The van der Waals surface area contributed by atoms with Crippen LogP contribution in [0.1, 0.15) is 31.7 Å². The second kappa shape index (κ2) is 9.50. The molecule has 6 nitrogen and oxygen atoms in total. The van der Waals surface area contributed by atoms with Crippen LogP contribution in [-0.4, -0.2) is 47.2 Å². The average Bonchev–Trinajstić information content (AvgIpc) is 3.35. The largest absolute Gasteiger partial charge is 0.352 e. The van der Waals surface area contributed by atoms with Gasteiger partial charge in [-0.05, 0) is 30.0 Å². The zero-order valence-corrected chi connectivity index (χ0v) is 19.8. The molecule has 0 spiro atoms. The molecule has 1 aliphatic heterocycles. The Morgan fingerprint density at radius 2 is 1.88 bits per heavy atom. The van der Waals surface area contributed by atoms with E-state index in [1.54, 1.807) is 0 Å². The summed E-state index contributed by atoms with van der Waals surface area (Å²) in [5, 5.41) is 3.56. The molecule has 3 aromatic rings. The minimum absolute atomic E-state index is 0.0262. The van der Waals surface area contributed by atoms with Crippen molar-refractivity contribution in [2.75, 3.05) is 17.3 Å². The molecule has 32 heavy (non-hydrogen) atoms. The minimum Gasteiger partial charge on any atom is -0.352 e. The molecule has 2 aromatic carbocycles. The lowest BCUT2D eigenvalue weighted by Gasteiger charge is -2.14. The number of imidazole rings is 1. The van der Waals surface area contributed by atoms with Gasteiger partial charge in [0, 0.05) is 17.3 Å². The van der Waals surface area contributed by atoms with Crippen molar-refractivity contribution in [3.8, 4) is 16.9 Å². The lowest BCUT2D eigenvalue weighted by atomic mass is 10.0. The molecule has 1 saturated heterocycles. The first-order valence-electron chi connectivity index (χ1n) is 10.7. The number of nitrogens with zero attached hydrogens (tertiary/aromatic N) is 2. The van der Waals surface area contributed by atoms with Gasteiger partial charge in [0.1, 0.15) is 0 Å². The summed E-state index contributed by atoms with van der Waals surface area (Å²) in [6, 6.07) is 18.1. The van der Waals surface area contributed by atoms with Gasteiger partial charge in [0.25, 0.3) is 0 Å². The van der Waals surface area contributed by atoms with Gasteiger partial charge in [-0.25, -0.2) is 13.4 Å². The van der Waals surface area contributed by atoms with E-state index in [-0.39, 0.29) is 29.2 Å². The van der Waals surface area contributed by atoms with Gasteiger partial charge in [-0.1, -0.05) is 68.1 Å². The molecule has 8 heteroatoms. The smallest absolute Gasteiger partial charge is 0.230 e. The van der Waals surface area contributed by atoms with E-state index in [4.69, 9.17) is 0 Å². The van der Waals surface area contributed by atoms with Gasteiger partial charge in [-0.3, -0.25) is 9.36 Å². The van der Waals surface area contributed by atoms with E-state index >= 15 is 0 Å². The number of amides is 1. The lowest BCUT2D eigenvalue weighted by Crippen LogP contribution is -2.36. The van der Waals surface area contributed by atoms with Crippen LogP contribution in [0.2, 0.25) is 0 Å². The number of hydrogen-bond donors (Lipinski definition) is 1. The van der Waals surface area contributed by atoms with E-state index < -0.39 is 9.84 Å². The SMILES string of the molecule is CC(C)c1ccc(-n2c(-c3ccccc3)cnc2SCC(=O)NC2CCS(=O)(=O)C2)cc1. The van der Waals surface area contributed by atoms with Gasteiger partial charge >= 0.3 is 0 Å². The second-order valence-corrected chi connectivity index (χ2v) is 11.5. The molecule has 1 amide bonds. The molecule has 1 N–H and O–H groups in total. The second-order valence-electron chi connectivity index (χ2n) is 8.33. The third-order valence-corrected chi connectivity index (χ3v) is 8.27. The number of nitrogens with one attached hydrogen (secondary N) is 1. The Kier molecular flexibility index (Phi) is 6.71. The predicted octanol–water partition coefficient (Wildman–Crippen LogP) is 4.06. The van der Waals surface area contributed by atoms with Crippen LogP contribution in [0.4, 0.5) is 0 Å². The van der Waals surface area contributed by atoms with E-state index in [0.29, 0.717) is 12.3 Å². The number of carbonyl (C=O) groups is 1. The Labute approximate surface area is 193 Å². The van der Waals surface area contributed by atoms with Gasteiger partial charge in [0.2, 0.25) is 5.91 Å². The van der Waals surface area contributed by atoms with E-state index in [2.05, 4.69) is 53.0 Å². The summed E-state index contributed by atoms with van der Waals surface area (Å²) in [4.78, 5) is 17.1. The van der Waals surface area contributed by atoms with E-state index in [9.17, 15) is 13.2 Å². The Bertz CT molecular complexity index is 1190. The van der Waals surface area contributed by atoms with Crippen molar-refractivity contribution in [2.24, 2.45) is 0 Å². The molecule has 1 unspecified atom stereocenters. The van der Waals surface area contributed by atoms with E-state index in [1.165, 1.54) is 17.3 Å². The summed E-state index contributed by atoms with van der Waals surface area (Å²) in [5.41, 5.74) is 4.24. The lowest BCUT2D eigenvalue weighted by molar-refractivity contribution is -0.119. The van der Waals surface area contributed by atoms with Crippen LogP contribution in [0.25, 0.3) is 16.9 Å². The van der Waals surface area contributed by atoms with Gasteiger partial charge in [-0.15, -0.1) is 0 Å². The summed E-state index contributed by atoms with van der Waals surface area (Å²) in [5.74, 6) is 0.604. The maximum absolute atomic E-state index is 12.5. The maximum atomic E-state index is 12.5. The highest BCUT2D eigenvalue weighted by Crippen LogP contribution is 2.30. The third-order valence-electron chi connectivity index (χ3n) is 5.55. The number of hydrogen-bond acceptors (Lipinski definition) is 5. The highest BCUT2D eigenvalue weighted by atomic mass is 32.2. The van der Waals surface area contributed by atoms with Crippen molar-refractivity contribution in [1.29, 1.82) is 0 Å². The summed E-state index contributed by atoms with van der Waals surface area (Å²) in [7, 11) is -3.03. The van der Waals surface area contributed by atoms with E-state index in [1.807, 2.05) is 36.5 Å². The molecule has 1 aromatic heterocycles. The fourth-order valence-electron chi connectivity index (χ4n) is 3.82. The fourth-order valence-corrected chi connectivity index (χ4v) is 6.29. The number of aromatic nitrogens is 2. The first-order chi connectivity index (χ1) is 15.3. The zero-order chi connectivity index (χ0) is 22.7. The average molecular weight is 470 g/mol. The van der Waals surface area contributed by atoms with Crippen LogP contribution < -0.4 is 5.32 Å². The van der Waals surface area contributed by atoms with Crippen LogP contribution >= 0.6 is 11.8 Å². The summed E-state index contributed by atoms with van der Waals surface area (Å²) < 4.78 is 25.3. The molecule has 1 aliphatic rings. The minimum atomic E-state index is -3.03. The molecule has 0 saturated carbocycles. The monoisotopic (exact) mass is 469 g/mol. The zero-order valence-electron chi connectivity index (χ0n) is 18.2. The number of thioether (sulfide) groups is 1. The molecular formula is C24H27N3O3S2. The number of benzene rings is 2. The fraction of sp³-hybridized carbons (Fsp3) is 0.333. The molecule has 0 radical (unpaired) electrons. The Hall–Kier alpha value is -2.58.